The highest BCUT2D eigenvalue weighted by atomic mass is 16.3. The van der Waals surface area contributed by atoms with Gasteiger partial charge in [-0.15, -0.1) is 0 Å². The molecule has 3 aromatic rings. The second-order valence-corrected chi connectivity index (χ2v) is 7.19. The number of hydrogen-bond acceptors (Lipinski definition) is 6. The minimum atomic E-state index is -0.439. The van der Waals surface area contributed by atoms with Crippen molar-refractivity contribution in [1.29, 1.82) is 0 Å². The van der Waals surface area contributed by atoms with Gasteiger partial charge in [0.25, 0.3) is 0 Å². The first kappa shape index (κ1) is 17.5. The van der Waals surface area contributed by atoms with Gasteiger partial charge < -0.3 is 15.1 Å². The van der Waals surface area contributed by atoms with Gasteiger partial charge in [0, 0.05) is 36.5 Å². The third kappa shape index (κ3) is 3.64. The lowest BCUT2D eigenvalue weighted by Gasteiger charge is -2.18. The average Bonchev–Trinajstić information content (AvgIpc) is 3.21. The van der Waals surface area contributed by atoms with Crippen LogP contribution in [0.2, 0.25) is 0 Å². The lowest BCUT2D eigenvalue weighted by Crippen LogP contribution is -2.22. The van der Waals surface area contributed by atoms with Crippen molar-refractivity contribution in [2.75, 3.05) is 18.0 Å². The number of phenols is 1. The Morgan fingerprint density at radius 2 is 1.96 bits per heavy atom. The van der Waals surface area contributed by atoms with Crippen LogP contribution in [0.25, 0.3) is 11.4 Å². The Bertz CT molecular complexity index is 955. The summed E-state index contributed by atoms with van der Waals surface area (Å²) in [5.41, 5.74) is 3.41. The van der Waals surface area contributed by atoms with Crippen molar-refractivity contribution in [3.8, 4) is 17.1 Å². The van der Waals surface area contributed by atoms with Crippen molar-refractivity contribution in [2.24, 2.45) is 5.92 Å². The molecule has 0 amide bonds. The van der Waals surface area contributed by atoms with Crippen LogP contribution in [0, 0.1) is 19.8 Å². The molecule has 4 rings (SSSR count). The van der Waals surface area contributed by atoms with Gasteiger partial charge in [0.1, 0.15) is 11.6 Å². The third-order valence-corrected chi connectivity index (χ3v) is 4.95. The number of aromatic hydroxyl groups is 1. The summed E-state index contributed by atoms with van der Waals surface area (Å²) < 4.78 is 0. The molecule has 1 aromatic carbocycles. The summed E-state index contributed by atoms with van der Waals surface area (Å²) in [5, 5.41) is 27.9. The van der Waals surface area contributed by atoms with Gasteiger partial charge in [0.15, 0.2) is 5.82 Å². The van der Waals surface area contributed by atoms with E-state index in [1.165, 1.54) is 0 Å². The van der Waals surface area contributed by atoms with E-state index in [1.807, 2.05) is 32.0 Å². The van der Waals surface area contributed by atoms with E-state index < -0.39 is 6.10 Å². The lowest BCUT2D eigenvalue weighted by atomic mass is 10.0. The third-order valence-electron chi connectivity index (χ3n) is 4.95. The van der Waals surface area contributed by atoms with Gasteiger partial charge in [-0.1, -0.05) is 12.1 Å². The van der Waals surface area contributed by atoms with Gasteiger partial charge in [0.2, 0.25) is 0 Å². The van der Waals surface area contributed by atoms with Crippen molar-refractivity contribution < 1.29 is 10.2 Å². The number of nitrogens with zero attached hydrogens (tertiary/aromatic N) is 4. The molecular weight excluding hydrogens is 342 g/mol. The van der Waals surface area contributed by atoms with Crippen LogP contribution >= 0.6 is 0 Å². The Labute approximate surface area is 157 Å². The molecule has 0 spiro atoms. The summed E-state index contributed by atoms with van der Waals surface area (Å²) in [7, 11) is 0. The van der Waals surface area contributed by atoms with Crippen molar-refractivity contribution in [1.82, 2.24) is 20.2 Å². The van der Waals surface area contributed by atoms with Crippen LogP contribution in [-0.4, -0.2) is 49.6 Å². The Kier molecular flexibility index (Phi) is 4.53. The fourth-order valence-corrected chi connectivity index (χ4v) is 3.59. The number of β-amino-alcohol motifs (C(OH)–C–C–N with tert-alkyl or cyclic N) is 1. The summed E-state index contributed by atoms with van der Waals surface area (Å²) in [4.78, 5) is 11.2. The number of aromatic nitrogens is 4. The fraction of sp³-hybridized carbons (Fsp3) is 0.350. The Morgan fingerprint density at radius 1 is 1.15 bits per heavy atom. The number of aryl methyl sites for hydroxylation is 2. The Balaban J connectivity index is 1.58. The first-order valence-corrected chi connectivity index (χ1v) is 9.07. The minimum Gasteiger partial charge on any atom is -0.507 e. The highest BCUT2D eigenvalue weighted by molar-refractivity contribution is 5.65. The molecule has 0 radical (unpaired) electrons. The molecule has 0 aliphatic carbocycles. The minimum absolute atomic E-state index is 0.0940. The lowest BCUT2D eigenvalue weighted by molar-refractivity contribution is 0.148. The van der Waals surface area contributed by atoms with Crippen molar-refractivity contribution in [2.45, 2.75) is 26.4 Å². The van der Waals surface area contributed by atoms with Gasteiger partial charge in [0.05, 0.1) is 17.4 Å². The first-order valence-electron chi connectivity index (χ1n) is 9.07. The molecule has 27 heavy (non-hydrogen) atoms. The molecule has 1 aliphatic heterocycles. The molecule has 0 bridgehead atoms. The molecule has 7 heteroatoms. The van der Waals surface area contributed by atoms with Gasteiger partial charge in [-0.25, -0.2) is 9.97 Å². The van der Waals surface area contributed by atoms with Gasteiger partial charge in [-0.05, 0) is 38.5 Å². The van der Waals surface area contributed by atoms with Crippen molar-refractivity contribution in [3.63, 3.8) is 0 Å². The van der Waals surface area contributed by atoms with E-state index in [1.54, 1.807) is 18.2 Å². The van der Waals surface area contributed by atoms with Crippen molar-refractivity contribution in [3.05, 3.63) is 53.5 Å². The van der Waals surface area contributed by atoms with Crippen molar-refractivity contribution >= 4 is 5.82 Å². The number of aliphatic hydroxyl groups is 1. The zero-order chi connectivity index (χ0) is 19.0. The number of hydrogen-bond donors (Lipinski definition) is 3. The summed E-state index contributed by atoms with van der Waals surface area (Å²) in [6, 6.07) is 11.0. The van der Waals surface area contributed by atoms with E-state index in [4.69, 9.17) is 0 Å². The molecule has 3 N–H and O–H groups in total. The number of phenolic OH excluding ortho intramolecular Hbond substituents is 1. The van der Waals surface area contributed by atoms with E-state index in [-0.39, 0.29) is 11.7 Å². The Morgan fingerprint density at radius 3 is 2.70 bits per heavy atom. The van der Waals surface area contributed by atoms with E-state index in [2.05, 4.69) is 25.1 Å². The standard InChI is InChI=1S/C20H23N5O2/c1-12-8-19(22-20(21-12)16-5-3-4-6-17(16)26)25-10-14(18(27)11-25)9-15-7-13(2)23-24-15/h3-8,14,18,26-27H,9-11H2,1-2H3,(H,23,24)/t14-,18-/m1/s1. The zero-order valence-corrected chi connectivity index (χ0v) is 15.4. The Hall–Kier alpha value is -2.93. The predicted octanol–water partition coefficient (Wildman–Crippen LogP) is 2.23. The SMILES string of the molecule is Cc1cc(N2C[C@@H](Cc3cc(C)[nH]n3)[C@H](O)C2)nc(-c2ccccc2O)n1. The molecule has 1 aliphatic rings. The number of H-pyrrole nitrogens is 1. The van der Waals surface area contributed by atoms with Crippen LogP contribution in [0.4, 0.5) is 5.82 Å². The molecule has 2 aromatic heterocycles. The summed E-state index contributed by atoms with van der Waals surface area (Å²) >= 11 is 0. The van der Waals surface area contributed by atoms with E-state index in [0.717, 1.165) is 29.3 Å². The molecular formula is C20H23N5O2. The number of aliphatic hydroxyl groups excluding tert-OH is 1. The maximum Gasteiger partial charge on any atom is 0.165 e. The molecule has 2 atom stereocenters. The molecule has 0 saturated carbocycles. The molecule has 140 valence electrons. The van der Waals surface area contributed by atoms with E-state index in [0.29, 0.717) is 24.5 Å². The topological polar surface area (TPSA) is 98.2 Å². The fourth-order valence-electron chi connectivity index (χ4n) is 3.59. The number of benzene rings is 1. The van der Waals surface area contributed by atoms with Crippen LogP contribution in [0.1, 0.15) is 17.1 Å². The van der Waals surface area contributed by atoms with Crippen LogP contribution in [-0.2, 0) is 6.42 Å². The second kappa shape index (κ2) is 7.00. The largest absolute Gasteiger partial charge is 0.507 e. The molecule has 1 saturated heterocycles. The van der Waals surface area contributed by atoms with Crippen LogP contribution in [0.15, 0.2) is 36.4 Å². The zero-order valence-electron chi connectivity index (χ0n) is 15.4. The average molecular weight is 365 g/mol. The normalized spacial score (nSPS) is 19.6. The molecule has 3 heterocycles. The first-order chi connectivity index (χ1) is 13.0. The molecule has 7 nitrogen and oxygen atoms in total. The van der Waals surface area contributed by atoms with Crippen LogP contribution in [0.5, 0.6) is 5.75 Å². The summed E-state index contributed by atoms with van der Waals surface area (Å²) in [5.74, 6) is 1.50. The number of aromatic amines is 1. The predicted molar refractivity (Wildman–Crippen MR) is 103 cm³/mol. The quantitative estimate of drug-likeness (QED) is 0.656. The summed E-state index contributed by atoms with van der Waals surface area (Å²) in [6.07, 6.45) is 0.282. The van der Waals surface area contributed by atoms with E-state index >= 15 is 0 Å². The van der Waals surface area contributed by atoms with Gasteiger partial charge >= 0.3 is 0 Å². The number of rotatable bonds is 4. The van der Waals surface area contributed by atoms with Gasteiger partial charge in [-0.2, -0.15) is 5.10 Å². The monoisotopic (exact) mass is 365 g/mol. The molecule has 1 fully saturated rings. The van der Waals surface area contributed by atoms with Crippen LogP contribution < -0.4 is 4.90 Å². The second-order valence-electron chi connectivity index (χ2n) is 7.19. The number of nitrogens with one attached hydrogen (secondary N) is 1. The van der Waals surface area contributed by atoms with E-state index in [9.17, 15) is 10.2 Å². The molecule has 0 unspecified atom stereocenters. The summed E-state index contributed by atoms with van der Waals surface area (Å²) in [6.45, 7) is 5.09. The van der Waals surface area contributed by atoms with Gasteiger partial charge in [-0.3, -0.25) is 5.10 Å². The highest BCUT2D eigenvalue weighted by Gasteiger charge is 2.33. The maximum absolute atomic E-state index is 10.5. The maximum atomic E-state index is 10.5. The van der Waals surface area contributed by atoms with Crippen LogP contribution in [0.3, 0.4) is 0 Å². The highest BCUT2D eigenvalue weighted by Crippen LogP contribution is 2.30. The smallest absolute Gasteiger partial charge is 0.165 e. The number of para-hydroxylation sites is 1. The number of anilines is 1.